The summed E-state index contributed by atoms with van der Waals surface area (Å²) in [5.41, 5.74) is 0. The number of hydrogen-bond acceptors (Lipinski definition) is 5. The van der Waals surface area contributed by atoms with Crippen LogP contribution in [-0.4, -0.2) is 35.6 Å². The van der Waals surface area contributed by atoms with Crippen LogP contribution in [0.5, 0.6) is 0 Å². The van der Waals surface area contributed by atoms with E-state index < -0.39 is 23.9 Å². The molecule has 0 heterocycles. The second kappa shape index (κ2) is 8.98. The average molecular weight is 256 g/mol. The molecule has 1 amide bonds. The van der Waals surface area contributed by atoms with E-state index in [1.165, 1.54) is 0 Å². The highest BCUT2D eigenvalue weighted by Crippen LogP contribution is 1.99. The van der Waals surface area contributed by atoms with Crippen molar-refractivity contribution in [3.63, 3.8) is 0 Å². The second-order valence-corrected chi connectivity index (χ2v) is 3.46. The number of carboxylic acid groups (broad SMARTS) is 1. The lowest BCUT2D eigenvalue weighted by Gasteiger charge is -2.12. The summed E-state index contributed by atoms with van der Waals surface area (Å²) < 4.78 is 4.63. The van der Waals surface area contributed by atoms with Gasteiger partial charge in [0.2, 0.25) is 5.91 Å². The van der Waals surface area contributed by atoms with Gasteiger partial charge in [-0.15, -0.1) is 0 Å². The lowest BCUT2D eigenvalue weighted by molar-refractivity contribution is -0.145. The van der Waals surface area contributed by atoms with Gasteiger partial charge < -0.3 is 15.2 Å². The fraction of sp³-hybridized carbons (Fsp3) is 0.636. The quantitative estimate of drug-likeness (QED) is 0.599. The van der Waals surface area contributed by atoms with Crippen LogP contribution in [-0.2, 0) is 19.1 Å². The molecule has 0 saturated carbocycles. The number of ether oxygens (including phenoxy) is 1. The Morgan fingerprint density at radius 1 is 1.39 bits per heavy atom. The van der Waals surface area contributed by atoms with E-state index >= 15 is 0 Å². The largest absolute Gasteiger partial charge is 0.480 e. The van der Waals surface area contributed by atoms with Gasteiger partial charge in [0.05, 0.1) is 19.1 Å². The normalized spacial score (nSPS) is 11.1. The highest BCUT2D eigenvalue weighted by Gasteiger charge is 2.19. The van der Waals surface area contributed by atoms with Gasteiger partial charge in [-0.2, -0.15) is 5.26 Å². The van der Waals surface area contributed by atoms with Gasteiger partial charge >= 0.3 is 11.9 Å². The van der Waals surface area contributed by atoms with Crippen LogP contribution < -0.4 is 5.32 Å². The Kier molecular flexibility index (Phi) is 7.94. The maximum Gasteiger partial charge on any atom is 0.326 e. The molecule has 0 aliphatic carbocycles. The van der Waals surface area contributed by atoms with Gasteiger partial charge in [-0.05, 0) is 13.3 Å². The highest BCUT2D eigenvalue weighted by molar-refractivity contribution is 5.85. The SMILES string of the molecule is CCOC(=O)CCC(=O)N[C@@H](CCC#N)C(=O)O. The van der Waals surface area contributed by atoms with Gasteiger partial charge in [-0.1, -0.05) is 0 Å². The molecule has 0 aromatic carbocycles. The molecular weight excluding hydrogens is 240 g/mol. The third-order valence-electron chi connectivity index (χ3n) is 2.04. The van der Waals surface area contributed by atoms with Crippen molar-refractivity contribution >= 4 is 17.8 Å². The number of nitriles is 1. The smallest absolute Gasteiger partial charge is 0.326 e. The van der Waals surface area contributed by atoms with Gasteiger partial charge in [-0.25, -0.2) is 4.79 Å². The first-order valence-electron chi connectivity index (χ1n) is 5.56. The minimum absolute atomic E-state index is 0.0368. The molecule has 1 atom stereocenters. The van der Waals surface area contributed by atoms with E-state index in [0.717, 1.165) is 0 Å². The Hall–Kier alpha value is -2.10. The lowest BCUT2D eigenvalue weighted by Crippen LogP contribution is -2.40. The Balaban J connectivity index is 4.06. The first kappa shape index (κ1) is 15.9. The Labute approximate surface area is 105 Å². The first-order chi connectivity index (χ1) is 8.51. The zero-order valence-electron chi connectivity index (χ0n) is 10.1. The number of carboxylic acids is 1. The van der Waals surface area contributed by atoms with Crippen molar-refractivity contribution in [3.05, 3.63) is 0 Å². The molecule has 100 valence electrons. The maximum absolute atomic E-state index is 11.4. The van der Waals surface area contributed by atoms with E-state index in [1.807, 2.05) is 0 Å². The molecule has 0 aliphatic heterocycles. The third kappa shape index (κ3) is 7.22. The number of nitrogens with one attached hydrogen (secondary N) is 1. The number of carbonyl (C=O) groups is 3. The maximum atomic E-state index is 11.4. The van der Waals surface area contributed by atoms with Crippen LogP contribution in [0.3, 0.4) is 0 Å². The molecule has 7 heteroatoms. The summed E-state index contributed by atoms with van der Waals surface area (Å²) in [4.78, 5) is 33.1. The van der Waals surface area contributed by atoms with E-state index in [4.69, 9.17) is 10.4 Å². The van der Waals surface area contributed by atoms with E-state index in [1.54, 1.807) is 13.0 Å². The second-order valence-electron chi connectivity index (χ2n) is 3.46. The lowest BCUT2D eigenvalue weighted by atomic mass is 10.1. The van der Waals surface area contributed by atoms with E-state index in [9.17, 15) is 14.4 Å². The molecule has 18 heavy (non-hydrogen) atoms. The molecule has 0 radical (unpaired) electrons. The van der Waals surface area contributed by atoms with Crippen LogP contribution in [0.2, 0.25) is 0 Å². The van der Waals surface area contributed by atoms with E-state index in [-0.39, 0.29) is 32.3 Å². The van der Waals surface area contributed by atoms with Crippen molar-refractivity contribution in [1.82, 2.24) is 5.32 Å². The highest BCUT2D eigenvalue weighted by atomic mass is 16.5. The molecule has 0 rings (SSSR count). The number of hydrogen-bond donors (Lipinski definition) is 2. The minimum atomic E-state index is -1.20. The molecule has 0 spiro atoms. The van der Waals surface area contributed by atoms with Crippen LogP contribution in [0, 0.1) is 11.3 Å². The van der Waals surface area contributed by atoms with Crippen molar-refractivity contribution < 1.29 is 24.2 Å². The number of esters is 1. The third-order valence-corrected chi connectivity index (χ3v) is 2.04. The molecule has 0 aliphatic rings. The number of carbonyl (C=O) groups excluding carboxylic acids is 2. The van der Waals surface area contributed by atoms with E-state index in [0.29, 0.717) is 0 Å². The molecule has 0 aromatic rings. The van der Waals surface area contributed by atoms with Crippen LogP contribution in [0.1, 0.15) is 32.6 Å². The van der Waals surface area contributed by atoms with Gasteiger partial charge in [0, 0.05) is 12.8 Å². The van der Waals surface area contributed by atoms with Crippen LogP contribution >= 0.6 is 0 Å². The fourth-order valence-corrected chi connectivity index (χ4v) is 1.18. The average Bonchev–Trinajstić information content (AvgIpc) is 2.32. The molecule has 0 fully saturated rings. The van der Waals surface area contributed by atoms with Crippen molar-refractivity contribution in [2.24, 2.45) is 0 Å². The predicted octanol–water partition coefficient (Wildman–Crippen LogP) is 0.203. The predicted molar refractivity (Wildman–Crippen MR) is 60.3 cm³/mol. The molecule has 0 unspecified atom stereocenters. The number of amides is 1. The molecule has 2 N–H and O–H groups in total. The van der Waals surface area contributed by atoms with Crippen LogP contribution in [0.15, 0.2) is 0 Å². The number of nitrogens with zero attached hydrogens (tertiary/aromatic N) is 1. The van der Waals surface area contributed by atoms with Gasteiger partial charge in [-0.3, -0.25) is 9.59 Å². The molecule has 0 aromatic heterocycles. The van der Waals surface area contributed by atoms with Gasteiger partial charge in [0.1, 0.15) is 6.04 Å². The fourth-order valence-electron chi connectivity index (χ4n) is 1.18. The molecule has 0 saturated heterocycles. The summed E-state index contributed by atoms with van der Waals surface area (Å²) in [6.45, 7) is 1.89. The number of rotatable bonds is 8. The summed E-state index contributed by atoms with van der Waals surface area (Å²) in [5.74, 6) is -2.25. The van der Waals surface area contributed by atoms with Crippen molar-refractivity contribution in [1.29, 1.82) is 5.26 Å². The van der Waals surface area contributed by atoms with Gasteiger partial charge in [0.15, 0.2) is 0 Å². The summed E-state index contributed by atoms with van der Waals surface area (Å²) in [6.07, 6.45) is -0.147. The van der Waals surface area contributed by atoms with E-state index in [2.05, 4.69) is 10.1 Å². The Morgan fingerprint density at radius 2 is 2.06 bits per heavy atom. The number of aliphatic carboxylic acids is 1. The van der Waals surface area contributed by atoms with Crippen molar-refractivity contribution in [2.45, 2.75) is 38.6 Å². The Morgan fingerprint density at radius 3 is 2.56 bits per heavy atom. The molecule has 7 nitrogen and oxygen atoms in total. The monoisotopic (exact) mass is 256 g/mol. The first-order valence-corrected chi connectivity index (χ1v) is 5.56. The summed E-state index contributed by atoms with van der Waals surface area (Å²) >= 11 is 0. The van der Waals surface area contributed by atoms with Gasteiger partial charge in [0.25, 0.3) is 0 Å². The van der Waals surface area contributed by atoms with Crippen LogP contribution in [0.4, 0.5) is 0 Å². The summed E-state index contributed by atoms with van der Waals surface area (Å²) in [6, 6.07) is 0.707. The topological polar surface area (TPSA) is 116 Å². The van der Waals surface area contributed by atoms with Crippen LogP contribution in [0.25, 0.3) is 0 Å². The standard InChI is InChI=1S/C11H16N2O5/c1-2-18-10(15)6-5-9(14)13-8(11(16)17)4-3-7-12/h8H,2-6H2,1H3,(H,13,14)(H,16,17)/t8-/m0/s1. The molecule has 0 bridgehead atoms. The van der Waals surface area contributed by atoms with Crippen molar-refractivity contribution in [3.8, 4) is 6.07 Å². The zero-order chi connectivity index (χ0) is 14.0. The van der Waals surface area contributed by atoms with Crippen molar-refractivity contribution in [2.75, 3.05) is 6.61 Å². The Bertz CT molecular complexity index is 348. The molecular formula is C11H16N2O5. The minimum Gasteiger partial charge on any atom is -0.480 e. The zero-order valence-corrected chi connectivity index (χ0v) is 10.1. The summed E-state index contributed by atoms with van der Waals surface area (Å²) in [5, 5.41) is 19.4. The summed E-state index contributed by atoms with van der Waals surface area (Å²) in [7, 11) is 0.